The number of rotatable bonds is 7. The third-order valence-corrected chi connectivity index (χ3v) is 4.77. The maximum Gasteiger partial charge on any atom is 0.334 e. The van der Waals surface area contributed by atoms with Crippen molar-refractivity contribution >= 4 is 11.9 Å². The molecule has 1 aliphatic rings. The molecule has 0 radical (unpaired) electrons. The minimum Gasteiger partial charge on any atom is -0.496 e. The lowest BCUT2D eigenvalue weighted by atomic mass is 9.74. The van der Waals surface area contributed by atoms with Gasteiger partial charge < -0.3 is 18.9 Å². The topological polar surface area (TPSA) is 71.1 Å². The Kier molecular flexibility index (Phi) is 5.75. The van der Waals surface area contributed by atoms with Crippen molar-refractivity contribution in [2.24, 2.45) is 0 Å². The van der Waals surface area contributed by atoms with Crippen LogP contribution in [0.4, 0.5) is 0 Å². The summed E-state index contributed by atoms with van der Waals surface area (Å²) in [4.78, 5) is 26.6. The van der Waals surface area contributed by atoms with Crippen LogP contribution in [0.2, 0.25) is 0 Å². The maximum atomic E-state index is 13.3. The van der Waals surface area contributed by atoms with E-state index in [1.807, 2.05) is 30.3 Å². The molecule has 0 saturated carbocycles. The fraction of sp³-hybridized carbons (Fsp3) is 0.304. The van der Waals surface area contributed by atoms with Gasteiger partial charge in [0.1, 0.15) is 11.9 Å². The van der Waals surface area contributed by atoms with Crippen LogP contribution in [-0.4, -0.2) is 30.9 Å². The smallest absolute Gasteiger partial charge is 0.334 e. The molecule has 3 rings (SSSR count). The molecule has 0 spiro atoms. The normalized spacial score (nSPS) is 18.3. The van der Waals surface area contributed by atoms with Crippen LogP contribution >= 0.6 is 0 Å². The molecule has 0 N–H and O–H groups in total. The Morgan fingerprint density at radius 1 is 1.00 bits per heavy atom. The third kappa shape index (κ3) is 3.76. The average molecular weight is 396 g/mol. The van der Waals surface area contributed by atoms with Gasteiger partial charge >= 0.3 is 11.9 Å². The summed E-state index contributed by atoms with van der Waals surface area (Å²) >= 11 is 0. The summed E-state index contributed by atoms with van der Waals surface area (Å²) in [5.41, 5.74) is -0.725. The van der Waals surface area contributed by atoms with Crippen LogP contribution in [0, 0.1) is 0 Å². The lowest BCUT2D eigenvalue weighted by Crippen LogP contribution is -2.62. The van der Waals surface area contributed by atoms with Crippen molar-refractivity contribution < 1.29 is 28.5 Å². The van der Waals surface area contributed by atoms with E-state index in [2.05, 4.69) is 6.58 Å². The largest absolute Gasteiger partial charge is 0.496 e. The average Bonchev–Trinajstić information content (AvgIpc) is 2.70. The van der Waals surface area contributed by atoms with E-state index in [0.29, 0.717) is 11.3 Å². The number of esters is 2. The van der Waals surface area contributed by atoms with E-state index in [1.165, 1.54) is 27.0 Å². The van der Waals surface area contributed by atoms with Crippen molar-refractivity contribution in [3.8, 4) is 5.75 Å². The molecule has 6 heteroatoms. The summed E-state index contributed by atoms with van der Waals surface area (Å²) in [7, 11) is 1.46. The van der Waals surface area contributed by atoms with Crippen molar-refractivity contribution in [2.75, 3.05) is 7.11 Å². The van der Waals surface area contributed by atoms with Crippen LogP contribution < -0.4 is 4.74 Å². The summed E-state index contributed by atoms with van der Waals surface area (Å²) < 4.78 is 22.4. The van der Waals surface area contributed by atoms with Gasteiger partial charge in [0, 0.05) is 19.4 Å². The van der Waals surface area contributed by atoms with Gasteiger partial charge in [-0.15, -0.1) is 6.58 Å². The van der Waals surface area contributed by atoms with E-state index in [0.717, 1.165) is 5.56 Å². The van der Waals surface area contributed by atoms with Crippen LogP contribution in [0.15, 0.2) is 67.3 Å². The maximum absolute atomic E-state index is 13.3. The van der Waals surface area contributed by atoms with E-state index in [4.69, 9.17) is 18.9 Å². The van der Waals surface area contributed by atoms with E-state index in [1.54, 1.807) is 24.3 Å². The molecular weight excluding hydrogens is 372 g/mol. The number of benzene rings is 2. The first-order valence-corrected chi connectivity index (χ1v) is 9.23. The molecule has 1 heterocycles. The van der Waals surface area contributed by atoms with Crippen LogP contribution in [0.1, 0.15) is 25.0 Å². The molecule has 29 heavy (non-hydrogen) atoms. The number of ether oxygens (including phenoxy) is 4. The lowest BCUT2D eigenvalue weighted by molar-refractivity contribution is -0.249. The number of para-hydroxylation sites is 1. The van der Waals surface area contributed by atoms with Crippen molar-refractivity contribution in [1.82, 2.24) is 0 Å². The number of carbonyl (C=O) groups is 2. The number of hydrogen-bond donors (Lipinski definition) is 0. The first-order chi connectivity index (χ1) is 13.8. The van der Waals surface area contributed by atoms with E-state index >= 15 is 0 Å². The highest BCUT2D eigenvalue weighted by atomic mass is 16.7. The molecule has 1 saturated heterocycles. The van der Waals surface area contributed by atoms with Crippen molar-refractivity contribution in [3.05, 3.63) is 78.4 Å². The Morgan fingerprint density at radius 3 is 2.17 bits per heavy atom. The fourth-order valence-corrected chi connectivity index (χ4v) is 3.42. The second-order valence-corrected chi connectivity index (χ2v) is 7.14. The van der Waals surface area contributed by atoms with Crippen molar-refractivity contribution in [2.45, 2.75) is 37.8 Å². The Hall–Kier alpha value is -3.12. The minimum atomic E-state index is -1.90. The molecule has 6 nitrogen and oxygen atoms in total. The Bertz CT molecular complexity index is 883. The van der Waals surface area contributed by atoms with Crippen LogP contribution in [0.25, 0.3) is 0 Å². The molecule has 152 valence electrons. The van der Waals surface area contributed by atoms with Gasteiger partial charge in [-0.1, -0.05) is 54.6 Å². The summed E-state index contributed by atoms with van der Waals surface area (Å²) in [6.45, 7) is 6.97. The van der Waals surface area contributed by atoms with Crippen LogP contribution in [0.3, 0.4) is 0 Å². The molecule has 0 amide bonds. The number of hydrogen-bond acceptors (Lipinski definition) is 6. The van der Waals surface area contributed by atoms with Crippen LogP contribution in [-0.2, 0) is 35.8 Å². The van der Waals surface area contributed by atoms with Gasteiger partial charge in [0.15, 0.2) is 0 Å². The summed E-state index contributed by atoms with van der Waals surface area (Å²) in [6.07, 6.45) is 0.367. The summed E-state index contributed by atoms with van der Waals surface area (Å²) in [5.74, 6) is -2.59. The predicted molar refractivity (Wildman–Crippen MR) is 106 cm³/mol. The minimum absolute atomic E-state index is 0.165. The summed E-state index contributed by atoms with van der Waals surface area (Å²) in [6, 6.07) is 16.2. The zero-order valence-electron chi connectivity index (χ0n) is 16.7. The van der Waals surface area contributed by atoms with Crippen molar-refractivity contribution in [1.29, 1.82) is 0 Å². The Labute approximate surface area is 170 Å². The van der Waals surface area contributed by atoms with Gasteiger partial charge in [-0.3, -0.25) is 9.59 Å². The second kappa shape index (κ2) is 8.09. The molecule has 0 aliphatic carbocycles. The van der Waals surface area contributed by atoms with Gasteiger partial charge in [0.2, 0.25) is 5.41 Å². The van der Waals surface area contributed by atoms with Gasteiger partial charge in [-0.2, -0.15) is 0 Å². The molecule has 0 unspecified atom stereocenters. The highest BCUT2D eigenvalue weighted by Gasteiger charge is 2.63. The zero-order chi connectivity index (χ0) is 21.1. The number of methoxy groups -OCH3 is 1. The Balaban J connectivity index is 2.10. The van der Waals surface area contributed by atoms with Gasteiger partial charge in [-0.25, -0.2) is 0 Å². The summed E-state index contributed by atoms with van der Waals surface area (Å²) in [5, 5.41) is 0. The first kappa shape index (κ1) is 20.6. The Morgan fingerprint density at radius 2 is 1.59 bits per heavy atom. The highest BCUT2D eigenvalue weighted by Crippen LogP contribution is 2.43. The zero-order valence-corrected chi connectivity index (χ0v) is 16.7. The molecule has 0 bridgehead atoms. The SMILES string of the molecule is C=C[C@@H](OCc1ccccc1)C1(c2ccccc2OC)C(=O)OC(C)(C)OC1=O. The van der Waals surface area contributed by atoms with E-state index in [-0.39, 0.29) is 6.61 Å². The molecular formula is C23H24O6. The molecule has 1 aliphatic heterocycles. The standard InChI is InChI=1S/C23H24O6/c1-5-19(27-15-16-11-7-6-8-12-16)23(17-13-9-10-14-18(17)26-4)20(24)28-22(2,3)29-21(23)25/h5-14,19H,1,15H2,2-4H3/t19-/m1/s1. The number of cyclic esters (lactones) is 2. The van der Waals surface area contributed by atoms with Gasteiger partial charge in [0.25, 0.3) is 5.79 Å². The van der Waals surface area contributed by atoms with Gasteiger partial charge in [0.05, 0.1) is 13.7 Å². The molecule has 1 fully saturated rings. The lowest BCUT2D eigenvalue weighted by Gasteiger charge is -2.43. The van der Waals surface area contributed by atoms with Gasteiger partial charge in [-0.05, 0) is 11.6 Å². The van der Waals surface area contributed by atoms with Crippen molar-refractivity contribution in [3.63, 3.8) is 0 Å². The molecule has 0 aromatic heterocycles. The third-order valence-electron chi connectivity index (χ3n) is 4.77. The van der Waals surface area contributed by atoms with E-state index < -0.39 is 29.2 Å². The molecule has 2 aromatic carbocycles. The quantitative estimate of drug-likeness (QED) is 0.405. The molecule has 1 atom stereocenters. The second-order valence-electron chi connectivity index (χ2n) is 7.14. The fourth-order valence-electron chi connectivity index (χ4n) is 3.42. The van der Waals surface area contributed by atoms with Crippen LogP contribution in [0.5, 0.6) is 5.75 Å². The van der Waals surface area contributed by atoms with E-state index in [9.17, 15) is 9.59 Å². The monoisotopic (exact) mass is 396 g/mol. The predicted octanol–water partition coefficient (Wildman–Crippen LogP) is 3.54. The molecule has 2 aromatic rings. The number of carbonyl (C=O) groups excluding carboxylic acids is 2. The highest BCUT2D eigenvalue weighted by molar-refractivity contribution is 6.09. The first-order valence-electron chi connectivity index (χ1n) is 9.23.